The minimum atomic E-state index is -0.725. The lowest BCUT2D eigenvalue weighted by atomic mass is 9.93. The highest BCUT2D eigenvalue weighted by molar-refractivity contribution is 7.07. The third-order valence-electron chi connectivity index (χ3n) is 5.79. The number of hydrogen-bond acceptors (Lipinski definition) is 7. The summed E-state index contributed by atoms with van der Waals surface area (Å²) in [6.45, 7) is 1.96. The molecule has 8 heteroatoms. The molecule has 0 saturated carbocycles. The molecule has 2 aromatic heterocycles. The average molecular weight is 498 g/mol. The Bertz CT molecular complexity index is 1610. The monoisotopic (exact) mass is 497 g/mol. The van der Waals surface area contributed by atoms with Gasteiger partial charge in [0.2, 0.25) is 0 Å². The van der Waals surface area contributed by atoms with E-state index in [0.717, 1.165) is 16.7 Å². The van der Waals surface area contributed by atoms with Gasteiger partial charge in [0.1, 0.15) is 5.75 Å². The van der Waals surface area contributed by atoms with Gasteiger partial charge in [-0.15, -0.1) is 0 Å². The number of pyridine rings is 1. The van der Waals surface area contributed by atoms with Gasteiger partial charge in [-0.1, -0.05) is 59.9 Å². The van der Waals surface area contributed by atoms with Gasteiger partial charge in [0.15, 0.2) is 4.80 Å². The van der Waals surface area contributed by atoms with Crippen molar-refractivity contribution in [3.63, 3.8) is 0 Å². The van der Waals surface area contributed by atoms with Crippen LogP contribution in [0.3, 0.4) is 0 Å². The van der Waals surface area contributed by atoms with Crippen molar-refractivity contribution in [3.05, 3.63) is 121 Å². The minimum Gasteiger partial charge on any atom is -0.497 e. The largest absolute Gasteiger partial charge is 0.497 e. The summed E-state index contributed by atoms with van der Waals surface area (Å²) >= 11 is 1.28. The average Bonchev–Trinajstić information content (AvgIpc) is 3.23. The van der Waals surface area contributed by atoms with Crippen molar-refractivity contribution >= 4 is 29.1 Å². The zero-order chi connectivity index (χ0) is 25.1. The Labute approximate surface area is 211 Å². The number of aromatic nitrogens is 2. The lowest BCUT2D eigenvalue weighted by Gasteiger charge is -2.26. The van der Waals surface area contributed by atoms with Crippen LogP contribution in [0, 0.1) is 0 Å². The predicted octanol–water partition coefficient (Wildman–Crippen LogP) is 3.34. The van der Waals surface area contributed by atoms with Crippen LogP contribution in [0.1, 0.15) is 29.7 Å². The van der Waals surface area contributed by atoms with Crippen LogP contribution in [0.2, 0.25) is 0 Å². The fraction of sp³-hybridized carbons (Fsp3) is 0.143. The Kier molecular flexibility index (Phi) is 6.60. The molecule has 180 valence electrons. The molecule has 0 bridgehead atoms. The van der Waals surface area contributed by atoms with E-state index in [1.807, 2.05) is 66.7 Å². The summed E-state index contributed by atoms with van der Waals surface area (Å²) in [5.74, 6) is 0.162. The normalized spacial score (nSPS) is 15.3. The SMILES string of the molecule is CCOC(=O)C1=C(c2ccccc2)N=c2s/c(=C\c3cccnc3)c(=O)n2[C@@H]1c1ccc(OC)cc1. The molecule has 0 fully saturated rings. The molecule has 0 radical (unpaired) electrons. The summed E-state index contributed by atoms with van der Waals surface area (Å²) in [5, 5.41) is 0. The number of hydrogen-bond donors (Lipinski definition) is 0. The van der Waals surface area contributed by atoms with Gasteiger partial charge in [-0.3, -0.25) is 14.3 Å². The Morgan fingerprint density at radius 1 is 1.08 bits per heavy atom. The van der Waals surface area contributed by atoms with Crippen LogP contribution in [-0.4, -0.2) is 29.2 Å². The highest BCUT2D eigenvalue weighted by Crippen LogP contribution is 2.35. The standard InChI is InChI=1S/C28H23N3O4S/c1-3-35-27(33)23-24(19-9-5-4-6-10-19)30-28-31(25(23)20-11-13-21(34-2)14-12-20)26(32)22(36-28)16-18-8-7-15-29-17-18/h4-17,25H,3H2,1-2H3/b22-16-/t25-/m1/s1. The summed E-state index contributed by atoms with van der Waals surface area (Å²) in [4.78, 5) is 36.6. The number of nitrogens with zero attached hydrogens (tertiary/aromatic N) is 3. The van der Waals surface area contributed by atoms with Crippen molar-refractivity contribution in [1.29, 1.82) is 0 Å². The highest BCUT2D eigenvalue weighted by Gasteiger charge is 2.35. The number of carbonyl (C=O) groups excluding carboxylic acids is 1. The third kappa shape index (κ3) is 4.38. The van der Waals surface area contributed by atoms with Crippen molar-refractivity contribution in [2.75, 3.05) is 13.7 Å². The number of rotatable bonds is 6. The number of esters is 1. The van der Waals surface area contributed by atoms with E-state index in [0.29, 0.717) is 26.4 Å². The molecule has 1 aliphatic heterocycles. The minimum absolute atomic E-state index is 0.200. The van der Waals surface area contributed by atoms with Crippen LogP contribution in [0.4, 0.5) is 0 Å². The number of thiazole rings is 1. The highest BCUT2D eigenvalue weighted by atomic mass is 32.1. The Hall–Kier alpha value is -4.30. The number of carbonyl (C=O) groups is 1. The zero-order valence-electron chi connectivity index (χ0n) is 19.8. The van der Waals surface area contributed by atoms with E-state index in [9.17, 15) is 9.59 Å². The van der Waals surface area contributed by atoms with Gasteiger partial charge < -0.3 is 9.47 Å². The molecule has 5 rings (SSSR count). The molecule has 2 aromatic carbocycles. The quantitative estimate of drug-likeness (QED) is 0.382. The summed E-state index contributed by atoms with van der Waals surface area (Å²) in [6.07, 6.45) is 5.16. The molecule has 7 nitrogen and oxygen atoms in total. The summed E-state index contributed by atoms with van der Waals surface area (Å²) < 4.78 is 12.9. The van der Waals surface area contributed by atoms with Crippen LogP contribution < -0.4 is 19.6 Å². The van der Waals surface area contributed by atoms with E-state index < -0.39 is 12.0 Å². The molecule has 0 N–H and O–H groups in total. The first-order valence-electron chi connectivity index (χ1n) is 11.4. The van der Waals surface area contributed by atoms with Gasteiger partial charge in [-0.25, -0.2) is 9.79 Å². The number of benzene rings is 2. The van der Waals surface area contributed by atoms with Crippen LogP contribution in [0.15, 0.2) is 94.5 Å². The first-order chi connectivity index (χ1) is 17.6. The fourth-order valence-corrected chi connectivity index (χ4v) is 5.16. The van der Waals surface area contributed by atoms with Gasteiger partial charge in [0, 0.05) is 18.0 Å². The molecular weight excluding hydrogens is 474 g/mol. The molecule has 0 unspecified atom stereocenters. The third-order valence-corrected chi connectivity index (χ3v) is 6.77. The topological polar surface area (TPSA) is 82.8 Å². The van der Waals surface area contributed by atoms with Crippen LogP contribution >= 0.6 is 11.3 Å². The fourth-order valence-electron chi connectivity index (χ4n) is 4.15. The van der Waals surface area contributed by atoms with E-state index in [1.54, 1.807) is 37.1 Å². The number of fused-ring (bicyclic) bond motifs is 1. The molecule has 0 amide bonds. The summed E-state index contributed by atoms with van der Waals surface area (Å²) in [5.41, 5.74) is 2.88. The Morgan fingerprint density at radius 3 is 2.53 bits per heavy atom. The second-order valence-corrected chi connectivity index (χ2v) is 9.00. The summed E-state index contributed by atoms with van der Waals surface area (Å²) in [6, 6.07) is 19.8. The van der Waals surface area contributed by atoms with Gasteiger partial charge >= 0.3 is 5.97 Å². The van der Waals surface area contributed by atoms with Crippen LogP contribution in [-0.2, 0) is 9.53 Å². The van der Waals surface area contributed by atoms with Gasteiger partial charge in [0.25, 0.3) is 5.56 Å². The van der Waals surface area contributed by atoms with E-state index >= 15 is 0 Å². The van der Waals surface area contributed by atoms with Crippen LogP contribution in [0.25, 0.3) is 11.8 Å². The second-order valence-electron chi connectivity index (χ2n) is 7.99. The first kappa shape index (κ1) is 23.4. The van der Waals surface area contributed by atoms with Crippen molar-refractivity contribution in [1.82, 2.24) is 9.55 Å². The van der Waals surface area contributed by atoms with E-state index in [4.69, 9.17) is 14.5 Å². The zero-order valence-corrected chi connectivity index (χ0v) is 20.6. The van der Waals surface area contributed by atoms with Gasteiger partial charge in [-0.2, -0.15) is 0 Å². The molecule has 0 aliphatic carbocycles. The van der Waals surface area contributed by atoms with Crippen LogP contribution in [0.5, 0.6) is 5.75 Å². The maximum atomic E-state index is 13.8. The van der Waals surface area contributed by atoms with E-state index in [-0.39, 0.29) is 12.2 Å². The molecule has 36 heavy (non-hydrogen) atoms. The molecule has 1 atom stereocenters. The Morgan fingerprint density at radius 2 is 1.86 bits per heavy atom. The molecule has 3 heterocycles. The Balaban J connectivity index is 1.82. The molecule has 0 saturated heterocycles. The van der Waals surface area contributed by atoms with Crippen molar-refractivity contribution in [3.8, 4) is 5.75 Å². The lowest BCUT2D eigenvalue weighted by molar-refractivity contribution is -0.138. The molecule has 1 aliphatic rings. The van der Waals surface area contributed by atoms with E-state index in [1.165, 1.54) is 11.3 Å². The summed E-state index contributed by atoms with van der Waals surface area (Å²) in [7, 11) is 1.59. The maximum absolute atomic E-state index is 13.8. The molecule has 4 aromatic rings. The predicted molar refractivity (Wildman–Crippen MR) is 138 cm³/mol. The van der Waals surface area contributed by atoms with Gasteiger partial charge in [0.05, 0.1) is 35.6 Å². The van der Waals surface area contributed by atoms with Crippen molar-refractivity contribution in [2.24, 2.45) is 4.99 Å². The number of methoxy groups -OCH3 is 1. The lowest BCUT2D eigenvalue weighted by Crippen LogP contribution is -2.40. The molecule has 0 spiro atoms. The van der Waals surface area contributed by atoms with Crippen molar-refractivity contribution < 1.29 is 14.3 Å². The smallest absolute Gasteiger partial charge is 0.338 e. The van der Waals surface area contributed by atoms with E-state index in [2.05, 4.69) is 4.98 Å². The maximum Gasteiger partial charge on any atom is 0.338 e. The first-order valence-corrected chi connectivity index (χ1v) is 12.2. The second kappa shape index (κ2) is 10.1. The van der Waals surface area contributed by atoms with Gasteiger partial charge in [-0.05, 0) is 42.3 Å². The number of ether oxygens (including phenoxy) is 2. The molecular formula is C28H23N3O4S. The van der Waals surface area contributed by atoms with Crippen molar-refractivity contribution in [2.45, 2.75) is 13.0 Å².